The number of hydrogen-bond donors (Lipinski definition) is 3. The molecular formula is C22H23F2NO7S. The lowest BCUT2D eigenvalue weighted by Crippen LogP contribution is -2.16. The van der Waals surface area contributed by atoms with Crippen LogP contribution >= 0.6 is 11.3 Å². The maximum Gasteiger partial charge on any atom is 0.408 e. The number of ether oxygens (including phenoxy) is 1. The van der Waals surface area contributed by atoms with Crippen LogP contribution in [0.1, 0.15) is 53.6 Å². The van der Waals surface area contributed by atoms with E-state index >= 15 is 0 Å². The normalized spacial score (nSPS) is 12.8. The molecule has 178 valence electrons. The average Bonchev–Trinajstić information content (AvgIpc) is 3.18. The smallest absolute Gasteiger partial charge is 0.408 e. The van der Waals surface area contributed by atoms with E-state index in [-0.39, 0.29) is 22.3 Å². The van der Waals surface area contributed by atoms with Gasteiger partial charge in [0.25, 0.3) is 6.43 Å². The molecule has 2 aromatic rings. The van der Waals surface area contributed by atoms with Gasteiger partial charge in [0, 0.05) is 23.1 Å². The second-order valence-electron chi connectivity index (χ2n) is 7.04. The Hall–Kier alpha value is -3.47. The molecule has 0 aromatic carbocycles. The summed E-state index contributed by atoms with van der Waals surface area (Å²) < 4.78 is 34.6. The highest BCUT2D eigenvalue weighted by Crippen LogP contribution is 2.29. The number of thiophene rings is 1. The predicted molar refractivity (Wildman–Crippen MR) is 118 cm³/mol. The van der Waals surface area contributed by atoms with Crippen molar-refractivity contribution in [3.63, 3.8) is 0 Å². The van der Waals surface area contributed by atoms with E-state index in [0.717, 1.165) is 11.3 Å². The molecule has 1 unspecified atom stereocenters. The number of nitrogens with one attached hydrogen (secondary N) is 1. The first-order valence-corrected chi connectivity index (χ1v) is 10.6. The Bertz CT molecular complexity index is 1100. The van der Waals surface area contributed by atoms with Crippen LogP contribution < -0.4 is 15.7 Å². The van der Waals surface area contributed by atoms with E-state index in [1.807, 2.05) is 0 Å². The minimum Gasteiger partial charge on any atom is -0.507 e. The maximum atomic E-state index is 12.7. The van der Waals surface area contributed by atoms with Gasteiger partial charge in [-0.2, -0.15) is 0 Å². The predicted octanol–water partition coefficient (Wildman–Crippen LogP) is 5.00. The van der Waals surface area contributed by atoms with Gasteiger partial charge >= 0.3 is 11.7 Å². The number of carbonyl (C=O) groups excluding carboxylic acids is 1. The number of alkyl halides is 2. The molecule has 1 atom stereocenters. The number of rotatable bonds is 11. The zero-order valence-corrected chi connectivity index (χ0v) is 18.7. The summed E-state index contributed by atoms with van der Waals surface area (Å²) in [5.41, 5.74) is -1.35. The monoisotopic (exact) mass is 483 g/mol. The molecule has 3 N–H and O–H groups in total. The Morgan fingerprint density at radius 2 is 2.06 bits per heavy atom. The summed E-state index contributed by atoms with van der Waals surface area (Å²) >= 11 is 1.05. The minimum atomic E-state index is -2.60. The highest BCUT2D eigenvalue weighted by atomic mass is 32.1. The van der Waals surface area contributed by atoms with Crippen LogP contribution in [0.5, 0.6) is 10.8 Å². The second-order valence-corrected chi connectivity index (χ2v) is 8.12. The number of halogens is 2. The third kappa shape index (κ3) is 7.86. The zero-order valence-electron chi connectivity index (χ0n) is 17.8. The van der Waals surface area contributed by atoms with Crippen LogP contribution in [0.2, 0.25) is 0 Å². The first kappa shape index (κ1) is 25.8. The fourth-order valence-corrected chi connectivity index (χ4v) is 3.63. The van der Waals surface area contributed by atoms with Gasteiger partial charge in [-0.3, -0.25) is 10.1 Å². The summed E-state index contributed by atoms with van der Waals surface area (Å²) in [6, 6.07) is 4.29. The van der Waals surface area contributed by atoms with Crippen molar-refractivity contribution in [3.8, 4) is 10.8 Å². The number of hydrogen-bond acceptors (Lipinski definition) is 7. The lowest BCUT2D eigenvalue weighted by atomic mass is 10.00. The summed E-state index contributed by atoms with van der Waals surface area (Å²) in [6.45, 7) is 2.47. The van der Waals surface area contributed by atoms with E-state index in [0.29, 0.717) is 17.7 Å². The molecule has 0 spiro atoms. The van der Waals surface area contributed by atoms with Crippen LogP contribution in [-0.2, 0) is 0 Å². The molecule has 0 aliphatic rings. The lowest BCUT2D eigenvalue weighted by molar-refractivity contribution is 0.0838. The minimum absolute atomic E-state index is 0.136. The van der Waals surface area contributed by atoms with Crippen LogP contribution in [0.3, 0.4) is 0 Å². The van der Waals surface area contributed by atoms with Crippen LogP contribution in [0.25, 0.3) is 6.08 Å². The van der Waals surface area contributed by atoms with Gasteiger partial charge in [0.05, 0.1) is 0 Å². The van der Waals surface area contributed by atoms with Crippen molar-refractivity contribution >= 4 is 29.3 Å². The van der Waals surface area contributed by atoms with Crippen molar-refractivity contribution in [3.05, 3.63) is 62.7 Å². The van der Waals surface area contributed by atoms with Crippen molar-refractivity contribution in [2.24, 2.45) is 0 Å². The number of carboxylic acid groups (broad SMARTS) is 1. The van der Waals surface area contributed by atoms with Gasteiger partial charge in [0.15, 0.2) is 10.8 Å². The fourth-order valence-electron chi connectivity index (χ4n) is 2.76. The van der Waals surface area contributed by atoms with E-state index in [9.17, 15) is 28.3 Å². The molecule has 0 fully saturated rings. The summed E-state index contributed by atoms with van der Waals surface area (Å²) in [5.74, 6) is -1.33. The summed E-state index contributed by atoms with van der Waals surface area (Å²) in [6.07, 6.45) is 1.53. The third-order valence-electron chi connectivity index (χ3n) is 4.42. The average molecular weight is 483 g/mol. The van der Waals surface area contributed by atoms with Gasteiger partial charge in [0.1, 0.15) is 23.7 Å². The molecule has 0 bridgehead atoms. The zero-order chi connectivity index (χ0) is 24.5. The van der Waals surface area contributed by atoms with E-state index in [2.05, 4.69) is 5.32 Å². The van der Waals surface area contributed by atoms with Crippen molar-refractivity contribution in [1.82, 2.24) is 5.32 Å². The van der Waals surface area contributed by atoms with E-state index in [1.165, 1.54) is 31.3 Å². The molecule has 8 nitrogen and oxygen atoms in total. The fraction of sp³-hybridized carbons (Fsp3) is 0.318. The molecule has 0 saturated carbocycles. The number of carbonyl (C=O) groups is 2. The largest absolute Gasteiger partial charge is 0.507 e. The van der Waals surface area contributed by atoms with Gasteiger partial charge in [-0.1, -0.05) is 24.3 Å². The lowest BCUT2D eigenvalue weighted by Gasteiger charge is -2.11. The van der Waals surface area contributed by atoms with E-state index in [1.54, 1.807) is 19.1 Å². The number of amides is 1. The quantitative estimate of drug-likeness (QED) is 0.303. The molecule has 33 heavy (non-hydrogen) atoms. The maximum absolute atomic E-state index is 12.7. The van der Waals surface area contributed by atoms with Gasteiger partial charge < -0.3 is 19.4 Å². The standard InChI is InChI=1S/C22H23F2NO7S/c1-12(5-3-4-8-25-22(29)30)16-10-15(26)19(21(28)32-16)20(27)13(2)9-14-6-7-18(33-14)31-11-17(23)24/h4,6-10,12,17,25-26H,3,5,11H2,1-2H3,(H,29,30)/b8-4+,13-9?. The first-order valence-electron chi connectivity index (χ1n) is 9.83. The molecule has 0 radical (unpaired) electrons. The van der Waals surface area contributed by atoms with Gasteiger partial charge in [-0.05, 0) is 43.5 Å². The van der Waals surface area contributed by atoms with Gasteiger partial charge in [-0.15, -0.1) is 0 Å². The van der Waals surface area contributed by atoms with E-state index < -0.39 is 41.8 Å². The summed E-state index contributed by atoms with van der Waals surface area (Å²) in [4.78, 5) is 36.1. The Morgan fingerprint density at radius 3 is 2.70 bits per heavy atom. The molecule has 2 heterocycles. The highest BCUT2D eigenvalue weighted by molar-refractivity contribution is 7.14. The van der Waals surface area contributed by atoms with Gasteiger partial charge in [-0.25, -0.2) is 18.4 Å². The summed E-state index contributed by atoms with van der Waals surface area (Å²) in [5, 5.41) is 21.2. The Morgan fingerprint density at radius 1 is 1.33 bits per heavy atom. The first-order chi connectivity index (χ1) is 15.6. The molecule has 0 aliphatic carbocycles. The Kier molecular flexibility index (Phi) is 9.34. The molecular weight excluding hydrogens is 460 g/mol. The summed E-state index contributed by atoms with van der Waals surface area (Å²) in [7, 11) is 0. The second kappa shape index (κ2) is 12.0. The van der Waals surface area contributed by atoms with Crippen LogP contribution in [0.15, 0.2) is 45.3 Å². The van der Waals surface area contributed by atoms with Crippen molar-refractivity contribution in [2.45, 2.75) is 39.0 Å². The van der Waals surface area contributed by atoms with Crippen molar-refractivity contribution in [1.29, 1.82) is 0 Å². The molecule has 2 rings (SSSR count). The highest BCUT2D eigenvalue weighted by Gasteiger charge is 2.22. The third-order valence-corrected chi connectivity index (χ3v) is 5.37. The molecule has 0 aliphatic heterocycles. The van der Waals surface area contributed by atoms with Crippen LogP contribution in [0.4, 0.5) is 13.6 Å². The van der Waals surface area contributed by atoms with Crippen LogP contribution in [0, 0.1) is 0 Å². The van der Waals surface area contributed by atoms with Crippen LogP contribution in [-0.4, -0.2) is 35.1 Å². The SMILES string of the molecule is CC(=Cc1ccc(OCC(F)F)s1)C(=O)c1c(O)cc(C(C)CC/C=C/NC(=O)O)oc1=O. The van der Waals surface area contributed by atoms with Crippen molar-refractivity contribution < 1.29 is 37.7 Å². The Balaban J connectivity index is 2.11. The number of Topliss-reactive ketones (excluding diaryl/α,β-unsaturated/α-hetero) is 1. The number of ketones is 1. The van der Waals surface area contributed by atoms with Crippen molar-refractivity contribution in [2.75, 3.05) is 6.61 Å². The topological polar surface area (TPSA) is 126 Å². The molecule has 2 aromatic heterocycles. The molecule has 11 heteroatoms. The van der Waals surface area contributed by atoms with Gasteiger partial charge in [0.2, 0.25) is 0 Å². The molecule has 0 saturated heterocycles. The Labute approximate surface area is 191 Å². The molecule has 1 amide bonds. The number of allylic oxidation sites excluding steroid dienone is 2. The number of aromatic hydroxyl groups is 1. The van der Waals surface area contributed by atoms with E-state index in [4.69, 9.17) is 14.3 Å².